The zero-order valence-corrected chi connectivity index (χ0v) is 26.6. The van der Waals surface area contributed by atoms with Gasteiger partial charge >= 0.3 is 5.97 Å². The first-order valence-electron chi connectivity index (χ1n) is 16.0. The van der Waals surface area contributed by atoms with E-state index in [0.717, 1.165) is 35.2 Å². The van der Waals surface area contributed by atoms with E-state index in [1.54, 1.807) is 54.4 Å². The second-order valence-electron chi connectivity index (χ2n) is 11.6. The third-order valence-corrected chi connectivity index (χ3v) is 8.11. The quantitative estimate of drug-likeness (QED) is 0.0988. The Hall–Kier alpha value is -5.04. The van der Waals surface area contributed by atoms with Gasteiger partial charge in [-0.05, 0) is 47.4 Å². The number of rotatable bonds is 16. The van der Waals surface area contributed by atoms with Crippen molar-refractivity contribution in [3.05, 3.63) is 125 Å². The maximum absolute atomic E-state index is 13.0. The van der Waals surface area contributed by atoms with Gasteiger partial charge in [0.1, 0.15) is 6.04 Å². The van der Waals surface area contributed by atoms with Crippen LogP contribution in [0.5, 0.6) is 0 Å². The van der Waals surface area contributed by atoms with E-state index in [2.05, 4.69) is 12.2 Å². The lowest BCUT2D eigenvalue weighted by molar-refractivity contribution is -0.139. The number of nitrogens with zero attached hydrogens (tertiary/aromatic N) is 1. The fourth-order valence-electron chi connectivity index (χ4n) is 5.33. The van der Waals surface area contributed by atoms with E-state index in [1.807, 2.05) is 54.6 Å². The van der Waals surface area contributed by atoms with Gasteiger partial charge in [0.15, 0.2) is 5.78 Å². The highest BCUT2D eigenvalue weighted by Gasteiger charge is 2.22. The largest absolute Gasteiger partial charge is 0.480 e. The van der Waals surface area contributed by atoms with Crippen molar-refractivity contribution in [2.45, 2.75) is 64.3 Å². The van der Waals surface area contributed by atoms with Crippen LogP contribution in [0.2, 0.25) is 0 Å². The molecule has 2 amide bonds. The van der Waals surface area contributed by atoms with Crippen LogP contribution in [-0.2, 0) is 16.0 Å². The van der Waals surface area contributed by atoms with Gasteiger partial charge in [-0.2, -0.15) is 0 Å². The van der Waals surface area contributed by atoms with E-state index in [0.29, 0.717) is 17.5 Å². The minimum absolute atomic E-state index is 0.0830. The Morgan fingerprint density at radius 2 is 1.35 bits per heavy atom. The molecule has 0 aromatic heterocycles. The summed E-state index contributed by atoms with van der Waals surface area (Å²) in [7, 11) is 1.80. The van der Waals surface area contributed by atoms with Crippen molar-refractivity contribution >= 4 is 29.3 Å². The zero-order chi connectivity index (χ0) is 32.9. The number of carboxylic acids is 1. The van der Waals surface area contributed by atoms with Gasteiger partial charge < -0.3 is 15.3 Å². The fraction of sp³-hybridized carbons (Fsp3) is 0.282. The van der Waals surface area contributed by atoms with Crippen LogP contribution in [0.3, 0.4) is 0 Å². The summed E-state index contributed by atoms with van der Waals surface area (Å²) in [4.78, 5) is 52.5. The number of nitrogens with one attached hydrogen (secondary N) is 1. The first-order chi connectivity index (χ1) is 22.3. The average Bonchev–Trinajstić information content (AvgIpc) is 3.09. The Kier molecular flexibility index (Phi) is 12.4. The van der Waals surface area contributed by atoms with Crippen LogP contribution in [0.25, 0.3) is 11.1 Å². The first-order valence-corrected chi connectivity index (χ1v) is 16.0. The molecule has 0 aliphatic rings. The van der Waals surface area contributed by atoms with Crippen molar-refractivity contribution in [2.75, 3.05) is 11.9 Å². The molecule has 0 saturated carbocycles. The molecule has 0 radical (unpaired) electrons. The third-order valence-electron chi connectivity index (χ3n) is 8.11. The number of carbonyl (C=O) groups excluding carboxylic acids is 3. The summed E-state index contributed by atoms with van der Waals surface area (Å²) in [5.74, 6) is -1.85. The van der Waals surface area contributed by atoms with Crippen molar-refractivity contribution < 1.29 is 24.3 Å². The maximum atomic E-state index is 13.0. The maximum Gasteiger partial charge on any atom is 0.326 e. The van der Waals surface area contributed by atoms with Gasteiger partial charge in [0.2, 0.25) is 5.91 Å². The molecule has 0 aliphatic heterocycles. The van der Waals surface area contributed by atoms with E-state index in [4.69, 9.17) is 0 Å². The number of unbranched alkanes of at least 4 members (excludes halogenated alkanes) is 5. The van der Waals surface area contributed by atoms with Crippen molar-refractivity contribution in [2.24, 2.45) is 0 Å². The van der Waals surface area contributed by atoms with E-state index in [-0.39, 0.29) is 23.7 Å². The number of carboxylic acid groups (broad SMARTS) is 1. The fourth-order valence-corrected chi connectivity index (χ4v) is 5.33. The number of aliphatic carboxylic acids is 1. The molecule has 4 aromatic rings. The summed E-state index contributed by atoms with van der Waals surface area (Å²) in [5.41, 5.74) is 4.49. The molecule has 0 spiro atoms. The number of hydrogen-bond acceptors (Lipinski definition) is 4. The van der Waals surface area contributed by atoms with Gasteiger partial charge in [0.05, 0.1) is 0 Å². The van der Waals surface area contributed by atoms with E-state index >= 15 is 0 Å². The molecule has 0 aliphatic carbocycles. The van der Waals surface area contributed by atoms with Crippen LogP contribution in [0, 0.1) is 0 Å². The molecule has 7 heteroatoms. The lowest BCUT2D eigenvalue weighted by Crippen LogP contribution is -2.42. The van der Waals surface area contributed by atoms with Crippen LogP contribution in [-0.4, -0.2) is 41.8 Å². The molecule has 0 fully saturated rings. The molecule has 4 aromatic carbocycles. The lowest BCUT2D eigenvalue weighted by Gasteiger charge is -2.18. The SMILES string of the molecule is CCCCCCCCC(=O)N(C)c1cccc(-c2ccc(CC(NC(=O)c3cccc(C(=O)c4ccccc4)c3)C(=O)O)cc2)c1. The molecule has 0 bridgehead atoms. The predicted molar refractivity (Wildman–Crippen MR) is 182 cm³/mol. The summed E-state index contributed by atoms with van der Waals surface area (Å²) in [6, 6.07) is 29.2. The van der Waals surface area contributed by atoms with Crippen LogP contribution >= 0.6 is 0 Å². The minimum atomic E-state index is -1.17. The topological polar surface area (TPSA) is 104 Å². The molecule has 0 heterocycles. The summed E-state index contributed by atoms with van der Waals surface area (Å²) in [6.45, 7) is 2.19. The highest BCUT2D eigenvalue weighted by molar-refractivity contribution is 6.10. The van der Waals surface area contributed by atoms with Crippen molar-refractivity contribution in [1.29, 1.82) is 0 Å². The summed E-state index contributed by atoms with van der Waals surface area (Å²) in [5, 5.41) is 12.5. The van der Waals surface area contributed by atoms with Gasteiger partial charge in [-0.3, -0.25) is 14.4 Å². The Bertz CT molecular complexity index is 1630. The number of amides is 2. The molecule has 238 valence electrons. The van der Waals surface area contributed by atoms with Crippen molar-refractivity contribution in [3.63, 3.8) is 0 Å². The molecular formula is C39H42N2O5. The Balaban J connectivity index is 1.37. The normalized spacial score (nSPS) is 11.4. The second kappa shape index (κ2) is 16.9. The molecular weight excluding hydrogens is 576 g/mol. The number of benzene rings is 4. The Morgan fingerprint density at radius 1 is 0.696 bits per heavy atom. The summed E-state index contributed by atoms with van der Waals surface area (Å²) < 4.78 is 0. The van der Waals surface area contributed by atoms with Gasteiger partial charge in [0.25, 0.3) is 5.91 Å². The van der Waals surface area contributed by atoms with E-state index in [1.165, 1.54) is 31.7 Å². The molecule has 46 heavy (non-hydrogen) atoms. The third kappa shape index (κ3) is 9.48. The summed E-state index contributed by atoms with van der Waals surface area (Å²) >= 11 is 0. The molecule has 1 unspecified atom stereocenters. The number of ketones is 1. The van der Waals surface area contributed by atoms with Gasteiger partial charge in [-0.15, -0.1) is 0 Å². The standard InChI is InChI=1S/C39H42N2O5/c1-3-4-5-6-7-11-20-36(42)41(2)34-19-13-16-31(27-34)29-23-21-28(22-24-29)25-35(39(45)46)40-38(44)33-18-12-17-32(26-33)37(43)30-14-9-8-10-15-30/h8-10,12-19,21-24,26-27,35H,3-7,11,20,25H2,1-2H3,(H,40,44)(H,45,46). The van der Waals surface area contributed by atoms with Crippen LogP contribution in [0.15, 0.2) is 103 Å². The van der Waals surface area contributed by atoms with Crippen LogP contribution in [0.1, 0.15) is 83.7 Å². The Morgan fingerprint density at radius 3 is 2.07 bits per heavy atom. The highest BCUT2D eigenvalue weighted by atomic mass is 16.4. The first kappa shape index (κ1) is 33.8. The number of anilines is 1. The lowest BCUT2D eigenvalue weighted by atomic mass is 9.99. The van der Waals surface area contributed by atoms with E-state index < -0.39 is 17.9 Å². The molecule has 0 saturated heterocycles. The highest BCUT2D eigenvalue weighted by Crippen LogP contribution is 2.26. The second-order valence-corrected chi connectivity index (χ2v) is 11.6. The van der Waals surface area contributed by atoms with Crippen molar-refractivity contribution in [3.8, 4) is 11.1 Å². The van der Waals surface area contributed by atoms with Gasteiger partial charge in [-0.1, -0.05) is 118 Å². The number of carbonyl (C=O) groups is 4. The molecule has 1 atom stereocenters. The van der Waals surface area contributed by atoms with Crippen molar-refractivity contribution in [1.82, 2.24) is 5.32 Å². The summed E-state index contributed by atoms with van der Waals surface area (Å²) in [6.07, 6.45) is 7.42. The van der Waals surface area contributed by atoms with Gasteiger partial charge in [-0.25, -0.2) is 4.79 Å². The number of hydrogen-bond donors (Lipinski definition) is 2. The monoisotopic (exact) mass is 618 g/mol. The molecule has 7 nitrogen and oxygen atoms in total. The smallest absolute Gasteiger partial charge is 0.326 e. The predicted octanol–water partition coefficient (Wildman–Crippen LogP) is 7.72. The van der Waals surface area contributed by atoms with Crippen LogP contribution in [0.4, 0.5) is 5.69 Å². The minimum Gasteiger partial charge on any atom is -0.480 e. The molecule has 4 rings (SSSR count). The average molecular weight is 619 g/mol. The van der Waals surface area contributed by atoms with E-state index in [9.17, 15) is 24.3 Å². The van der Waals surface area contributed by atoms with Gasteiger partial charge in [0, 0.05) is 42.3 Å². The van der Waals surface area contributed by atoms with Crippen LogP contribution < -0.4 is 10.2 Å². The Labute approximate surface area is 271 Å². The zero-order valence-electron chi connectivity index (χ0n) is 26.6. The molecule has 2 N–H and O–H groups in total.